The largest absolute Gasteiger partial charge is 0.394 e. The van der Waals surface area contributed by atoms with Crippen molar-refractivity contribution in [2.45, 2.75) is 19.4 Å². The van der Waals surface area contributed by atoms with Crippen LogP contribution < -0.4 is 5.32 Å². The van der Waals surface area contributed by atoms with Gasteiger partial charge in [0.2, 0.25) is 5.91 Å². The summed E-state index contributed by atoms with van der Waals surface area (Å²) in [5, 5.41) is 11.9. The van der Waals surface area contributed by atoms with Gasteiger partial charge in [-0.25, -0.2) is 0 Å². The minimum absolute atomic E-state index is 0.00306. The molecule has 12 heavy (non-hydrogen) atoms. The Morgan fingerprint density at radius 2 is 2.25 bits per heavy atom. The molecule has 72 valence electrons. The van der Waals surface area contributed by atoms with E-state index in [1.165, 1.54) is 0 Å². The molecule has 0 heterocycles. The molecular formula is C8H18N2O2. The van der Waals surface area contributed by atoms with Crippen molar-refractivity contribution in [2.24, 2.45) is 0 Å². The number of carbonyl (C=O) groups excluding carboxylic acids is 1. The first-order chi connectivity index (χ1) is 5.67. The van der Waals surface area contributed by atoms with Crippen molar-refractivity contribution in [3.05, 3.63) is 0 Å². The van der Waals surface area contributed by atoms with Crippen LogP contribution in [0.25, 0.3) is 0 Å². The Morgan fingerprint density at radius 3 is 2.58 bits per heavy atom. The predicted molar refractivity (Wildman–Crippen MR) is 47.9 cm³/mol. The fourth-order valence-electron chi connectivity index (χ4n) is 1.01. The Hall–Kier alpha value is -0.610. The molecule has 4 nitrogen and oxygen atoms in total. The van der Waals surface area contributed by atoms with Gasteiger partial charge in [-0.15, -0.1) is 0 Å². The third-order valence-corrected chi connectivity index (χ3v) is 1.89. The third kappa shape index (κ3) is 3.19. The standard InChI is InChI=1S/C8H18N2O2/c1-4-8(12)10(3)7(6-11)5-9-2/h7,9,11H,4-6H2,1-3H3. The lowest BCUT2D eigenvalue weighted by Crippen LogP contribution is -2.44. The summed E-state index contributed by atoms with van der Waals surface area (Å²) >= 11 is 0. The van der Waals surface area contributed by atoms with Gasteiger partial charge in [-0.05, 0) is 7.05 Å². The molecule has 1 atom stereocenters. The summed E-state index contributed by atoms with van der Waals surface area (Å²) in [5.74, 6) is 0.0595. The number of aliphatic hydroxyl groups is 1. The zero-order valence-electron chi connectivity index (χ0n) is 8.00. The van der Waals surface area contributed by atoms with Crippen LogP contribution in [0.2, 0.25) is 0 Å². The fourth-order valence-corrected chi connectivity index (χ4v) is 1.01. The number of hydrogen-bond donors (Lipinski definition) is 2. The molecule has 0 aliphatic carbocycles. The Balaban J connectivity index is 4.00. The lowest BCUT2D eigenvalue weighted by atomic mass is 10.2. The highest BCUT2D eigenvalue weighted by Gasteiger charge is 2.16. The van der Waals surface area contributed by atoms with Gasteiger partial charge in [-0.3, -0.25) is 4.79 Å². The Bertz CT molecular complexity index is 139. The number of rotatable bonds is 5. The molecular weight excluding hydrogens is 156 g/mol. The molecule has 0 aliphatic heterocycles. The van der Waals surface area contributed by atoms with E-state index >= 15 is 0 Å². The van der Waals surface area contributed by atoms with E-state index in [4.69, 9.17) is 5.11 Å². The molecule has 0 radical (unpaired) electrons. The van der Waals surface area contributed by atoms with Crippen molar-refractivity contribution in [3.8, 4) is 0 Å². The summed E-state index contributed by atoms with van der Waals surface area (Å²) in [7, 11) is 3.51. The number of hydrogen-bond acceptors (Lipinski definition) is 3. The maximum Gasteiger partial charge on any atom is 0.222 e. The average molecular weight is 174 g/mol. The molecule has 0 saturated carbocycles. The first-order valence-corrected chi connectivity index (χ1v) is 4.18. The van der Waals surface area contributed by atoms with Crippen LogP contribution in [0.4, 0.5) is 0 Å². The van der Waals surface area contributed by atoms with Gasteiger partial charge in [0.15, 0.2) is 0 Å². The van der Waals surface area contributed by atoms with Gasteiger partial charge in [0.05, 0.1) is 12.6 Å². The number of carbonyl (C=O) groups is 1. The minimum atomic E-state index is -0.109. The van der Waals surface area contributed by atoms with Gasteiger partial charge in [0, 0.05) is 20.0 Å². The van der Waals surface area contributed by atoms with Gasteiger partial charge >= 0.3 is 0 Å². The van der Waals surface area contributed by atoms with E-state index in [2.05, 4.69) is 5.32 Å². The van der Waals surface area contributed by atoms with E-state index < -0.39 is 0 Å². The van der Waals surface area contributed by atoms with Crippen LogP contribution >= 0.6 is 0 Å². The number of nitrogens with one attached hydrogen (secondary N) is 1. The predicted octanol–water partition coefficient (Wildman–Crippen LogP) is -0.565. The van der Waals surface area contributed by atoms with Crippen LogP contribution in [-0.2, 0) is 4.79 Å². The molecule has 4 heteroatoms. The van der Waals surface area contributed by atoms with E-state index in [9.17, 15) is 4.79 Å². The molecule has 0 saturated heterocycles. The summed E-state index contributed by atoms with van der Waals surface area (Å²) in [6.45, 7) is 2.44. The van der Waals surface area contributed by atoms with Crippen LogP contribution in [0.5, 0.6) is 0 Å². The van der Waals surface area contributed by atoms with Gasteiger partial charge < -0.3 is 15.3 Å². The summed E-state index contributed by atoms with van der Waals surface area (Å²) in [6, 6.07) is -0.109. The topological polar surface area (TPSA) is 52.6 Å². The molecule has 0 aromatic carbocycles. The van der Waals surface area contributed by atoms with Crippen molar-refractivity contribution in [1.29, 1.82) is 0 Å². The van der Waals surface area contributed by atoms with Crippen LogP contribution in [0.3, 0.4) is 0 Å². The van der Waals surface area contributed by atoms with Gasteiger partial charge in [0.25, 0.3) is 0 Å². The summed E-state index contributed by atoms with van der Waals surface area (Å²) < 4.78 is 0. The SMILES string of the molecule is CCC(=O)N(C)C(CO)CNC. The maximum atomic E-state index is 11.2. The zero-order chi connectivity index (χ0) is 9.56. The molecule has 1 unspecified atom stereocenters. The van der Waals surface area contributed by atoms with Gasteiger partial charge in [-0.1, -0.05) is 6.92 Å². The zero-order valence-corrected chi connectivity index (χ0v) is 8.00. The molecule has 0 spiro atoms. The highest BCUT2D eigenvalue weighted by Crippen LogP contribution is 1.97. The van der Waals surface area contributed by atoms with E-state index in [0.717, 1.165) is 0 Å². The van der Waals surface area contributed by atoms with E-state index in [1.54, 1.807) is 19.0 Å². The van der Waals surface area contributed by atoms with Crippen molar-refractivity contribution in [1.82, 2.24) is 10.2 Å². The van der Waals surface area contributed by atoms with Crippen LogP contribution in [-0.4, -0.2) is 49.2 Å². The normalized spacial score (nSPS) is 12.7. The third-order valence-electron chi connectivity index (χ3n) is 1.89. The minimum Gasteiger partial charge on any atom is -0.394 e. The summed E-state index contributed by atoms with van der Waals surface area (Å²) in [6.07, 6.45) is 0.483. The maximum absolute atomic E-state index is 11.2. The molecule has 0 aromatic heterocycles. The highest BCUT2D eigenvalue weighted by molar-refractivity contribution is 5.75. The van der Waals surface area contributed by atoms with E-state index in [-0.39, 0.29) is 18.6 Å². The van der Waals surface area contributed by atoms with Crippen molar-refractivity contribution >= 4 is 5.91 Å². The second-order valence-corrected chi connectivity index (χ2v) is 2.75. The molecule has 0 bridgehead atoms. The van der Waals surface area contributed by atoms with Crippen molar-refractivity contribution in [3.63, 3.8) is 0 Å². The Kier molecular flexibility index (Phi) is 5.66. The second-order valence-electron chi connectivity index (χ2n) is 2.75. The highest BCUT2D eigenvalue weighted by atomic mass is 16.3. The monoisotopic (exact) mass is 174 g/mol. The molecule has 2 N–H and O–H groups in total. The lowest BCUT2D eigenvalue weighted by molar-refractivity contribution is -0.132. The molecule has 1 amide bonds. The number of likely N-dealkylation sites (N-methyl/N-ethyl adjacent to an activating group) is 2. The summed E-state index contributed by atoms with van der Waals surface area (Å²) in [5.41, 5.74) is 0. The second kappa shape index (κ2) is 5.97. The lowest BCUT2D eigenvalue weighted by Gasteiger charge is -2.25. The number of aliphatic hydroxyl groups excluding tert-OH is 1. The number of amides is 1. The Morgan fingerprint density at radius 1 is 1.67 bits per heavy atom. The number of nitrogens with zero attached hydrogens (tertiary/aromatic N) is 1. The van der Waals surface area contributed by atoms with E-state index in [1.807, 2.05) is 6.92 Å². The first kappa shape index (κ1) is 11.4. The molecule has 0 aliphatic rings. The first-order valence-electron chi connectivity index (χ1n) is 4.18. The average Bonchev–Trinajstić information content (AvgIpc) is 2.11. The molecule has 0 rings (SSSR count). The van der Waals surface area contributed by atoms with Gasteiger partial charge in [0.1, 0.15) is 0 Å². The molecule has 0 fully saturated rings. The van der Waals surface area contributed by atoms with Crippen LogP contribution in [0.15, 0.2) is 0 Å². The fraction of sp³-hybridized carbons (Fsp3) is 0.875. The van der Waals surface area contributed by atoms with Gasteiger partial charge in [-0.2, -0.15) is 0 Å². The van der Waals surface area contributed by atoms with Crippen LogP contribution in [0, 0.1) is 0 Å². The van der Waals surface area contributed by atoms with Crippen LogP contribution in [0.1, 0.15) is 13.3 Å². The Labute approximate surface area is 73.6 Å². The smallest absolute Gasteiger partial charge is 0.222 e. The van der Waals surface area contributed by atoms with E-state index in [0.29, 0.717) is 13.0 Å². The summed E-state index contributed by atoms with van der Waals surface area (Å²) in [4.78, 5) is 12.8. The van der Waals surface area contributed by atoms with Crippen molar-refractivity contribution in [2.75, 3.05) is 27.2 Å². The molecule has 0 aromatic rings. The van der Waals surface area contributed by atoms with Crippen molar-refractivity contribution < 1.29 is 9.90 Å². The quantitative estimate of drug-likeness (QED) is 0.587.